The van der Waals surface area contributed by atoms with Gasteiger partial charge in [-0.1, -0.05) is 43.0 Å². The molecule has 0 amide bonds. The maximum Gasteiger partial charge on any atom is 0.124 e. The lowest BCUT2D eigenvalue weighted by Gasteiger charge is -2.11. The normalized spacial score (nSPS) is 10.3. The van der Waals surface area contributed by atoms with E-state index in [0.717, 1.165) is 16.7 Å². The molecule has 82 valence electrons. The molecule has 0 saturated carbocycles. The van der Waals surface area contributed by atoms with Crippen molar-refractivity contribution in [2.45, 2.75) is 5.88 Å². The van der Waals surface area contributed by atoms with Crippen molar-refractivity contribution in [1.82, 2.24) is 0 Å². The second kappa shape index (κ2) is 5.04. The van der Waals surface area contributed by atoms with E-state index in [1.165, 1.54) is 5.39 Å². The van der Waals surface area contributed by atoms with Crippen molar-refractivity contribution in [2.24, 2.45) is 0 Å². The molecule has 2 aromatic carbocycles. The molecule has 0 bridgehead atoms. The monoisotopic (exact) mass is 232 g/mol. The molecule has 0 aliphatic carbocycles. The highest BCUT2D eigenvalue weighted by atomic mass is 35.5. The van der Waals surface area contributed by atoms with E-state index in [9.17, 15) is 0 Å². The number of ether oxygens (including phenoxy) is 1. The van der Waals surface area contributed by atoms with Gasteiger partial charge in [-0.15, -0.1) is 11.6 Å². The minimum atomic E-state index is 0.452. The summed E-state index contributed by atoms with van der Waals surface area (Å²) in [5.41, 5.74) is 1.04. The zero-order chi connectivity index (χ0) is 11.4. The van der Waals surface area contributed by atoms with Gasteiger partial charge >= 0.3 is 0 Å². The molecule has 0 N–H and O–H groups in total. The van der Waals surface area contributed by atoms with Gasteiger partial charge in [-0.2, -0.15) is 0 Å². The van der Waals surface area contributed by atoms with E-state index in [1.54, 1.807) is 6.08 Å². The predicted octanol–water partition coefficient (Wildman–Crippen LogP) is 4.14. The first kappa shape index (κ1) is 11.0. The van der Waals surface area contributed by atoms with Crippen molar-refractivity contribution in [1.29, 1.82) is 0 Å². The van der Waals surface area contributed by atoms with Crippen molar-refractivity contribution < 1.29 is 4.74 Å². The van der Waals surface area contributed by atoms with Crippen LogP contribution >= 0.6 is 11.6 Å². The van der Waals surface area contributed by atoms with E-state index >= 15 is 0 Å². The van der Waals surface area contributed by atoms with Crippen LogP contribution in [0.4, 0.5) is 0 Å². The van der Waals surface area contributed by atoms with E-state index in [-0.39, 0.29) is 0 Å². The summed E-state index contributed by atoms with van der Waals surface area (Å²) in [7, 11) is 0. The Bertz CT molecular complexity index is 505. The largest absolute Gasteiger partial charge is 0.489 e. The third-order valence-corrected chi connectivity index (χ3v) is 2.76. The van der Waals surface area contributed by atoms with Crippen molar-refractivity contribution in [3.05, 3.63) is 54.6 Å². The molecule has 0 unspecified atom stereocenters. The second-order valence-corrected chi connectivity index (χ2v) is 3.76. The second-order valence-electron chi connectivity index (χ2n) is 3.50. The van der Waals surface area contributed by atoms with Crippen LogP contribution in [-0.2, 0) is 5.88 Å². The summed E-state index contributed by atoms with van der Waals surface area (Å²) in [6.07, 6.45) is 1.73. The first-order chi connectivity index (χ1) is 7.86. The van der Waals surface area contributed by atoms with Gasteiger partial charge in [0.1, 0.15) is 12.4 Å². The van der Waals surface area contributed by atoms with E-state index < -0.39 is 0 Å². The first-order valence-electron chi connectivity index (χ1n) is 5.17. The Morgan fingerprint density at radius 1 is 1.19 bits per heavy atom. The van der Waals surface area contributed by atoms with Gasteiger partial charge in [0, 0.05) is 5.56 Å². The number of halogens is 1. The Kier molecular flexibility index (Phi) is 3.47. The van der Waals surface area contributed by atoms with Crippen molar-refractivity contribution in [2.75, 3.05) is 6.61 Å². The fourth-order valence-electron chi connectivity index (χ4n) is 1.74. The Balaban J connectivity index is 2.53. The Hall–Kier alpha value is -1.47. The Morgan fingerprint density at radius 3 is 2.75 bits per heavy atom. The number of benzene rings is 2. The third kappa shape index (κ3) is 2.05. The SMILES string of the molecule is C=CCOc1ccc2ccccc2c1CCl. The quantitative estimate of drug-likeness (QED) is 0.569. The summed E-state index contributed by atoms with van der Waals surface area (Å²) < 4.78 is 5.58. The molecule has 0 aliphatic rings. The molecule has 0 radical (unpaired) electrons. The minimum absolute atomic E-state index is 0.452. The van der Waals surface area contributed by atoms with E-state index in [4.69, 9.17) is 16.3 Å². The van der Waals surface area contributed by atoms with Crippen molar-refractivity contribution in [3.8, 4) is 5.75 Å². The van der Waals surface area contributed by atoms with Crippen LogP contribution in [0, 0.1) is 0 Å². The van der Waals surface area contributed by atoms with Gasteiger partial charge in [0.05, 0.1) is 5.88 Å². The van der Waals surface area contributed by atoms with Crippen LogP contribution in [0.2, 0.25) is 0 Å². The highest BCUT2D eigenvalue weighted by Crippen LogP contribution is 2.29. The molecule has 0 atom stereocenters. The van der Waals surface area contributed by atoms with E-state index in [2.05, 4.69) is 18.7 Å². The number of fused-ring (bicyclic) bond motifs is 1. The van der Waals surface area contributed by atoms with Crippen molar-refractivity contribution in [3.63, 3.8) is 0 Å². The summed E-state index contributed by atoms with van der Waals surface area (Å²) in [5, 5.41) is 2.34. The van der Waals surface area contributed by atoms with Gasteiger partial charge in [0.15, 0.2) is 0 Å². The number of rotatable bonds is 4. The third-order valence-electron chi connectivity index (χ3n) is 2.49. The van der Waals surface area contributed by atoms with Crippen LogP contribution in [0.5, 0.6) is 5.75 Å². The molecule has 0 saturated heterocycles. The van der Waals surface area contributed by atoms with E-state index in [0.29, 0.717) is 12.5 Å². The lowest BCUT2D eigenvalue weighted by Crippen LogP contribution is -1.96. The van der Waals surface area contributed by atoms with Gasteiger partial charge < -0.3 is 4.74 Å². The number of hydrogen-bond donors (Lipinski definition) is 0. The zero-order valence-corrected chi connectivity index (χ0v) is 9.70. The number of hydrogen-bond acceptors (Lipinski definition) is 1. The topological polar surface area (TPSA) is 9.23 Å². The summed E-state index contributed by atoms with van der Waals surface area (Å²) in [5.74, 6) is 1.29. The zero-order valence-electron chi connectivity index (χ0n) is 8.95. The summed E-state index contributed by atoms with van der Waals surface area (Å²) in [4.78, 5) is 0. The smallest absolute Gasteiger partial charge is 0.124 e. The van der Waals surface area contributed by atoms with Crippen LogP contribution in [0.15, 0.2) is 49.1 Å². The molecule has 2 aromatic rings. The number of alkyl halides is 1. The fourth-order valence-corrected chi connectivity index (χ4v) is 2.01. The summed E-state index contributed by atoms with van der Waals surface area (Å²) >= 11 is 5.98. The van der Waals surface area contributed by atoms with Crippen LogP contribution in [0.3, 0.4) is 0 Å². The Morgan fingerprint density at radius 2 is 2.00 bits per heavy atom. The molecule has 0 aromatic heterocycles. The highest BCUT2D eigenvalue weighted by molar-refractivity contribution is 6.18. The maximum absolute atomic E-state index is 5.98. The fraction of sp³-hybridized carbons (Fsp3) is 0.143. The predicted molar refractivity (Wildman–Crippen MR) is 69.2 cm³/mol. The van der Waals surface area contributed by atoms with Crippen LogP contribution in [0.25, 0.3) is 10.8 Å². The van der Waals surface area contributed by atoms with Gasteiger partial charge in [-0.25, -0.2) is 0 Å². The molecule has 2 heteroatoms. The maximum atomic E-state index is 5.98. The van der Waals surface area contributed by atoms with Crippen molar-refractivity contribution >= 4 is 22.4 Å². The van der Waals surface area contributed by atoms with Gasteiger partial charge in [0.25, 0.3) is 0 Å². The average Bonchev–Trinajstić information content (AvgIpc) is 2.35. The van der Waals surface area contributed by atoms with Crippen LogP contribution in [0.1, 0.15) is 5.56 Å². The molecule has 16 heavy (non-hydrogen) atoms. The van der Waals surface area contributed by atoms with Crippen LogP contribution < -0.4 is 4.74 Å². The Labute approximate surface area is 100 Å². The molecule has 0 fully saturated rings. The van der Waals surface area contributed by atoms with Gasteiger partial charge in [0.2, 0.25) is 0 Å². The van der Waals surface area contributed by atoms with Crippen LogP contribution in [-0.4, -0.2) is 6.61 Å². The highest BCUT2D eigenvalue weighted by Gasteiger charge is 2.06. The molecule has 2 rings (SSSR count). The summed E-state index contributed by atoms with van der Waals surface area (Å²) in [6, 6.07) is 12.2. The van der Waals surface area contributed by atoms with Gasteiger partial charge in [-0.3, -0.25) is 0 Å². The lowest BCUT2D eigenvalue weighted by atomic mass is 10.0. The standard InChI is InChI=1S/C14H13ClO/c1-2-9-16-14-8-7-11-5-3-4-6-12(11)13(14)10-15/h2-8H,1,9-10H2. The molecular weight excluding hydrogens is 220 g/mol. The van der Waals surface area contributed by atoms with Gasteiger partial charge in [-0.05, 0) is 16.8 Å². The molecule has 0 spiro atoms. The molecular formula is C14H13ClO. The molecule has 0 heterocycles. The lowest BCUT2D eigenvalue weighted by molar-refractivity contribution is 0.361. The average molecular weight is 233 g/mol. The van der Waals surface area contributed by atoms with E-state index in [1.807, 2.05) is 24.3 Å². The molecule has 0 aliphatic heterocycles. The summed E-state index contributed by atoms with van der Waals surface area (Å²) in [6.45, 7) is 4.14. The minimum Gasteiger partial charge on any atom is -0.489 e. The first-order valence-corrected chi connectivity index (χ1v) is 5.70. The molecule has 1 nitrogen and oxygen atoms in total.